The molecule has 0 amide bonds. The van der Waals surface area contributed by atoms with Crippen LogP contribution in [-0.4, -0.2) is 12.4 Å². The highest BCUT2D eigenvalue weighted by atomic mass is 16.5. The van der Waals surface area contributed by atoms with Crippen LogP contribution in [0.3, 0.4) is 0 Å². The molecule has 2 atom stereocenters. The molecule has 2 N–H and O–H groups in total. The zero-order valence-electron chi connectivity index (χ0n) is 16.8. The Balaban J connectivity index is 1.85. The highest BCUT2D eigenvalue weighted by molar-refractivity contribution is 5.90. The second kappa shape index (κ2) is 7.34. The number of allylic oxidation sites excluding steroid dienone is 1. The van der Waals surface area contributed by atoms with Crippen molar-refractivity contribution in [2.45, 2.75) is 39.7 Å². The van der Waals surface area contributed by atoms with Crippen LogP contribution in [0.25, 0.3) is 0 Å². The standard InChI is InChI=1S/C24H28N2O2/c1-4-13-28-21-12-8-5-9-16(21)23-22-19(14-24(2,3)15-20(22)27)25-17-10-6-7-11-18(17)26-23/h5-12,14,22-23,25-26H,4,13,15H2,1-3H3/t22-,23-/m1/s1. The van der Waals surface area contributed by atoms with E-state index in [1.54, 1.807) is 0 Å². The van der Waals surface area contributed by atoms with E-state index in [0.29, 0.717) is 13.0 Å². The minimum absolute atomic E-state index is 0.155. The maximum absolute atomic E-state index is 13.3. The number of benzene rings is 2. The van der Waals surface area contributed by atoms with Gasteiger partial charge < -0.3 is 15.4 Å². The molecule has 2 aromatic rings. The van der Waals surface area contributed by atoms with Crippen molar-refractivity contribution in [3.05, 3.63) is 65.9 Å². The summed E-state index contributed by atoms with van der Waals surface area (Å²) in [6.45, 7) is 6.99. The first-order chi connectivity index (χ1) is 13.5. The van der Waals surface area contributed by atoms with E-state index in [9.17, 15) is 4.79 Å². The molecule has 0 radical (unpaired) electrons. The first-order valence-corrected chi connectivity index (χ1v) is 10.1. The van der Waals surface area contributed by atoms with Crippen LogP contribution >= 0.6 is 0 Å². The second-order valence-corrected chi connectivity index (χ2v) is 8.39. The normalized spacial score (nSPS) is 22.7. The lowest BCUT2D eigenvalue weighted by molar-refractivity contribution is -0.124. The van der Waals surface area contributed by atoms with Gasteiger partial charge in [-0.2, -0.15) is 0 Å². The lowest BCUT2D eigenvalue weighted by atomic mass is 9.72. The van der Waals surface area contributed by atoms with Crippen molar-refractivity contribution in [2.75, 3.05) is 17.2 Å². The average molecular weight is 377 g/mol. The summed E-state index contributed by atoms with van der Waals surface area (Å²) in [4.78, 5) is 13.3. The zero-order valence-corrected chi connectivity index (χ0v) is 16.8. The van der Waals surface area contributed by atoms with E-state index in [2.05, 4.69) is 49.6 Å². The number of anilines is 2. The Kier molecular flexibility index (Phi) is 4.88. The molecule has 0 unspecified atom stereocenters. The molecule has 0 fully saturated rings. The van der Waals surface area contributed by atoms with Crippen LogP contribution in [0, 0.1) is 11.3 Å². The molecule has 0 aromatic heterocycles. The Bertz CT molecular complexity index is 916. The fraction of sp³-hybridized carbons (Fsp3) is 0.375. The van der Waals surface area contributed by atoms with Crippen LogP contribution in [-0.2, 0) is 4.79 Å². The van der Waals surface area contributed by atoms with Crippen LogP contribution in [0.5, 0.6) is 5.75 Å². The number of hydrogen-bond acceptors (Lipinski definition) is 4. The van der Waals surface area contributed by atoms with Crippen LogP contribution in [0.15, 0.2) is 60.3 Å². The minimum Gasteiger partial charge on any atom is -0.493 e. The molecule has 1 aliphatic heterocycles. The number of ketones is 1. The lowest BCUT2D eigenvalue weighted by Gasteiger charge is -2.35. The molecular formula is C24H28N2O2. The van der Waals surface area contributed by atoms with E-state index in [-0.39, 0.29) is 23.2 Å². The van der Waals surface area contributed by atoms with Gasteiger partial charge in [0.05, 0.1) is 29.9 Å². The Morgan fingerprint density at radius 2 is 1.79 bits per heavy atom. The lowest BCUT2D eigenvalue weighted by Crippen LogP contribution is -2.36. The summed E-state index contributed by atoms with van der Waals surface area (Å²) < 4.78 is 6.03. The Morgan fingerprint density at radius 1 is 1.07 bits per heavy atom. The highest BCUT2D eigenvalue weighted by Crippen LogP contribution is 2.46. The van der Waals surface area contributed by atoms with Crippen molar-refractivity contribution in [2.24, 2.45) is 11.3 Å². The third kappa shape index (κ3) is 3.51. The fourth-order valence-corrected chi connectivity index (χ4v) is 4.24. The van der Waals surface area contributed by atoms with Gasteiger partial charge in [-0.25, -0.2) is 0 Å². The van der Waals surface area contributed by atoms with Crippen LogP contribution in [0.1, 0.15) is 45.2 Å². The van der Waals surface area contributed by atoms with Crippen molar-refractivity contribution >= 4 is 17.2 Å². The predicted octanol–water partition coefficient (Wildman–Crippen LogP) is 5.55. The number of Topliss-reactive ketones (excluding diaryl/α,β-unsaturated/α-hetero) is 1. The molecule has 4 rings (SSSR count). The van der Waals surface area contributed by atoms with Gasteiger partial charge in [0.1, 0.15) is 11.5 Å². The van der Waals surface area contributed by atoms with E-state index in [4.69, 9.17) is 4.74 Å². The van der Waals surface area contributed by atoms with Gasteiger partial charge in [-0.3, -0.25) is 4.79 Å². The fourth-order valence-electron chi connectivity index (χ4n) is 4.24. The number of para-hydroxylation sites is 3. The van der Waals surface area contributed by atoms with Gasteiger partial charge in [-0.15, -0.1) is 0 Å². The van der Waals surface area contributed by atoms with Gasteiger partial charge in [0, 0.05) is 17.7 Å². The highest BCUT2D eigenvalue weighted by Gasteiger charge is 2.42. The molecule has 0 spiro atoms. The molecule has 0 saturated carbocycles. The summed E-state index contributed by atoms with van der Waals surface area (Å²) >= 11 is 0. The number of ether oxygens (including phenoxy) is 1. The third-order valence-electron chi connectivity index (χ3n) is 5.42. The molecular weight excluding hydrogens is 348 g/mol. The van der Waals surface area contributed by atoms with Crippen LogP contribution < -0.4 is 15.4 Å². The number of nitrogens with one attached hydrogen (secondary N) is 2. The number of fused-ring (bicyclic) bond motifs is 2. The van der Waals surface area contributed by atoms with Crippen LogP contribution in [0.2, 0.25) is 0 Å². The number of rotatable bonds is 4. The predicted molar refractivity (Wildman–Crippen MR) is 114 cm³/mol. The van der Waals surface area contributed by atoms with Crippen LogP contribution in [0.4, 0.5) is 11.4 Å². The smallest absolute Gasteiger partial charge is 0.145 e. The quantitative estimate of drug-likeness (QED) is 0.734. The Labute approximate surface area is 167 Å². The van der Waals surface area contributed by atoms with E-state index in [1.807, 2.05) is 36.4 Å². The van der Waals surface area contributed by atoms with Crippen molar-refractivity contribution in [1.82, 2.24) is 0 Å². The molecule has 28 heavy (non-hydrogen) atoms. The molecule has 1 aliphatic carbocycles. The number of hydrogen-bond donors (Lipinski definition) is 2. The van der Waals surface area contributed by atoms with Crippen molar-refractivity contribution in [3.63, 3.8) is 0 Å². The Morgan fingerprint density at radius 3 is 2.57 bits per heavy atom. The van der Waals surface area contributed by atoms with Crippen molar-refractivity contribution in [3.8, 4) is 5.75 Å². The first kappa shape index (κ1) is 18.6. The van der Waals surface area contributed by atoms with Gasteiger partial charge in [0.2, 0.25) is 0 Å². The zero-order chi connectivity index (χ0) is 19.7. The summed E-state index contributed by atoms with van der Waals surface area (Å²) in [6.07, 6.45) is 3.71. The molecule has 1 heterocycles. The topological polar surface area (TPSA) is 50.4 Å². The van der Waals surface area contributed by atoms with Gasteiger partial charge in [-0.05, 0) is 30.0 Å². The molecule has 146 valence electrons. The monoisotopic (exact) mass is 376 g/mol. The number of carbonyl (C=O) groups is 1. The summed E-state index contributed by atoms with van der Waals surface area (Å²) in [5, 5.41) is 7.19. The molecule has 4 nitrogen and oxygen atoms in total. The molecule has 4 heteroatoms. The minimum atomic E-state index is -0.271. The molecule has 0 saturated heterocycles. The maximum Gasteiger partial charge on any atom is 0.145 e. The van der Waals surface area contributed by atoms with Gasteiger partial charge in [0.25, 0.3) is 0 Å². The maximum atomic E-state index is 13.3. The molecule has 0 bridgehead atoms. The van der Waals surface area contributed by atoms with Gasteiger partial charge >= 0.3 is 0 Å². The molecule has 2 aliphatic rings. The van der Waals surface area contributed by atoms with Gasteiger partial charge in [0.15, 0.2) is 0 Å². The third-order valence-corrected chi connectivity index (χ3v) is 5.42. The van der Waals surface area contributed by atoms with Crippen molar-refractivity contribution < 1.29 is 9.53 Å². The van der Waals surface area contributed by atoms with Gasteiger partial charge in [-0.1, -0.05) is 57.2 Å². The van der Waals surface area contributed by atoms with E-state index in [1.165, 1.54) is 0 Å². The van der Waals surface area contributed by atoms with E-state index in [0.717, 1.165) is 34.8 Å². The SMILES string of the molecule is CCCOc1ccccc1[C@H]1Nc2ccccc2NC2=CC(C)(C)CC(=O)[C@@H]21. The summed E-state index contributed by atoms with van der Waals surface area (Å²) in [7, 11) is 0. The summed E-state index contributed by atoms with van der Waals surface area (Å²) in [6, 6.07) is 16.0. The Hall–Kier alpha value is -2.75. The largest absolute Gasteiger partial charge is 0.493 e. The average Bonchev–Trinajstić information content (AvgIpc) is 2.82. The van der Waals surface area contributed by atoms with E-state index < -0.39 is 0 Å². The van der Waals surface area contributed by atoms with Crippen molar-refractivity contribution in [1.29, 1.82) is 0 Å². The molecule has 2 aromatic carbocycles. The summed E-state index contributed by atoms with van der Waals surface area (Å²) in [5.41, 5.74) is 3.85. The second-order valence-electron chi connectivity index (χ2n) is 8.39. The number of carbonyl (C=O) groups excluding carboxylic acids is 1. The summed E-state index contributed by atoms with van der Waals surface area (Å²) in [5.74, 6) is 0.829. The van der Waals surface area contributed by atoms with E-state index >= 15 is 0 Å². The first-order valence-electron chi connectivity index (χ1n) is 10.1.